The first kappa shape index (κ1) is 19.4. The van der Waals surface area contributed by atoms with Crippen LogP contribution in [0.4, 0.5) is 17.2 Å². The monoisotopic (exact) mass is 371 g/mol. The summed E-state index contributed by atoms with van der Waals surface area (Å²) in [5, 5.41) is 3.21. The molecule has 1 aliphatic rings. The minimum atomic E-state index is -0.375. The fraction of sp³-hybridized carbons (Fsp3) is 0.550. The van der Waals surface area contributed by atoms with Gasteiger partial charge >= 0.3 is 0 Å². The maximum absolute atomic E-state index is 12.1. The van der Waals surface area contributed by atoms with Crippen molar-refractivity contribution in [3.63, 3.8) is 0 Å². The van der Waals surface area contributed by atoms with Crippen LogP contribution in [0.5, 0.6) is 0 Å². The first-order chi connectivity index (χ1) is 13.2. The van der Waals surface area contributed by atoms with Crippen LogP contribution in [0, 0.1) is 0 Å². The smallest absolute Gasteiger partial charge is 0.253 e. The standard InChI is InChI=1S/C20H29N5O2/c1-3-23(4-2)11-7-10-22-17-18(20(27)19(17)26)25-14-12-24(13-15-25)16-8-5-6-9-21-16/h5-6,8-9,22H,3-4,7,10-15H2,1-2H3. The molecular formula is C20H29N5O2. The summed E-state index contributed by atoms with van der Waals surface area (Å²) in [4.78, 5) is 35.1. The lowest BCUT2D eigenvalue weighted by atomic mass is 10.1. The van der Waals surface area contributed by atoms with Crippen LogP contribution < -0.4 is 26.0 Å². The fourth-order valence-electron chi connectivity index (χ4n) is 3.60. The van der Waals surface area contributed by atoms with Gasteiger partial charge in [-0.3, -0.25) is 9.59 Å². The second-order valence-corrected chi connectivity index (χ2v) is 6.85. The highest BCUT2D eigenvalue weighted by molar-refractivity contribution is 5.75. The van der Waals surface area contributed by atoms with E-state index >= 15 is 0 Å². The van der Waals surface area contributed by atoms with Crippen LogP contribution in [0.3, 0.4) is 0 Å². The van der Waals surface area contributed by atoms with Crippen molar-refractivity contribution in [3.05, 3.63) is 44.8 Å². The average Bonchev–Trinajstić information content (AvgIpc) is 2.73. The van der Waals surface area contributed by atoms with Crippen molar-refractivity contribution in [2.45, 2.75) is 20.3 Å². The highest BCUT2D eigenvalue weighted by Crippen LogP contribution is 2.23. The Morgan fingerprint density at radius 1 is 1.04 bits per heavy atom. The molecule has 2 heterocycles. The van der Waals surface area contributed by atoms with Gasteiger partial charge in [-0.05, 0) is 38.2 Å². The molecule has 7 heteroatoms. The molecule has 1 aromatic carbocycles. The molecule has 1 saturated heterocycles. The van der Waals surface area contributed by atoms with Crippen LogP contribution >= 0.6 is 0 Å². The van der Waals surface area contributed by atoms with E-state index in [0.29, 0.717) is 17.9 Å². The van der Waals surface area contributed by atoms with E-state index in [9.17, 15) is 9.59 Å². The number of aromatic nitrogens is 1. The Balaban J connectivity index is 1.55. The van der Waals surface area contributed by atoms with Crippen LogP contribution in [0.1, 0.15) is 20.3 Å². The highest BCUT2D eigenvalue weighted by Gasteiger charge is 2.28. The number of piperazine rings is 1. The molecule has 1 aromatic heterocycles. The van der Waals surface area contributed by atoms with Gasteiger partial charge in [-0.25, -0.2) is 4.98 Å². The van der Waals surface area contributed by atoms with Crippen molar-refractivity contribution in [1.29, 1.82) is 0 Å². The van der Waals surface area contributed by atoms with E-state index in [1.165, 1.54) is 0 Å². The van der Waals surface area contributed by atoms with Gasteiger partial charge in [0.15, 0.2) is 0 Å². The lowest BCUT2D eigenvalue weighted by Gasteiger charge is -2.37. The summed E-state index contributed by atoms with van der Waals surface area (Å²) < 4.78 is 0. The van der Waals surface area contributed by atoms with Gasteiger partial charge in [-0.2, -0.15) is 0 Å². The Morgan fingerprint density at radius 3 is 2.37 bits per heavy atom. The quantitative estimate of drug-likeness (QED) is 0.524. The van der Waals surface area contributed by atoms with Crippen molar-refractivity contribution >= 4 is 17.2 Å². The zero-order valence-corrected chi connectivity index (χ0v) is 16.3. The van der Waals surface area contributed by atoms with Gasteiger partial charge in [0.1, 0.15) is 17.2 Å². The lowest BCUT2D eigenvalue weighted by molar-refractivity contribution is 0.303. The predicted molar refractivity (Wildman–Crippen MR) is 111 cm³/mol. The molecule has 1 N–H and O–H groups in total. The minimum absolute atomic E-state index is 0.354. The minimum Gasteiger partial charge on any atom is -0.380 e. The third kappa shape index (κ3) is 4.30. The molecule has 146 valence electrons. The van der Waals surface area contributed by atoms with E-state index < -0.39 is 0 Å². The van der Waals surface area contributed by atoms with Gasteiger partial charge in [-0.15, -0.1) is 0 Å². The number of nitrogens with zero attached hydrogens (tertiary/aromatic N) is 4. The molecule has 0 saturated carbocycles. The molecule has 0 spiro atoms. The van der Waals surface area contributed by atoms with Crippen LogP contribution in [0.2, 0.25) is 0 Å². The number of anilines is 3. The number of hydrogen-bond donors (Lipinski definition) is 1. The van der Waals surface area contributed by atoms with Crippen molar-refractivity contribution in [1.82, 2.24) is 9.88 Å². The van der Waals surface area contributed by atoms with Crippen LogP contribution in [0.15, 0.2) is 34.0 Å². The van der Waals surface area contributed by atoms with E-state index in [1.54, 1.807) is 6.20 Å². The van der Waals surface area contributed by atoms with Gasteiger partial charge in [0.2, 0.25) is 0 Å². The van der Waals surface area contributed by atoms with Crippen LogP contribution in [-0.4, -0.2) is 62.2 Å². The summed E-state index contributed by atoms with van der Waals surface area (Å²) >= 11 is 0. The molecular weight excluding hydrogens is 342 g/mol. The third-order valence-electron chi connectivity index (χ3n) is 5.30. The van der Waals surface area contributed by atoms with Gasteiger partial charge in [-0.1, -0.05) is 19.9 Å². The summed E-state index contributed by atoms with van der Waals surface area (Å²) in [6, 6.07) is 5.88. The van der Waals surface area contributed by atoms with Crippen molar-refractivity contribution < 1.29 is 0 Å². The zero-order chi connectivity index (χ0) is 19.2. The normalized spacial score (nSPS) is 14.9. The van der Waals surface area contributed by atoms with Crippen molar-refractivity contribution in [2.75, 3.05) is 67.5 Å². The zero-order valence-electron chi connectivity index (χ0n) is 16.3. The maximum atomic E-state index is 12.1. The highest BCUT2D eigenvalue weighted by atomic mass is 16.2. The first-order valence-corrected chi connectivity index (χ1v) is 9.86. The maximum Gasteiger partial charge on any atom is 0.253 e. The lowest BCUT2D eigenvalue weighted by Crippen LogP contribution is -2.51. The Labute approximate surface area is 160 Å². The van der Waals surface area contributed by atoms with Gasteiger partial charge in [0.25, 0.3) is 10.9 Å². The number of rotatable bonds is 9. The molecule has 0 bridgehead atoms. The fourth-order valence-corrected chi connectivity index (χ4v) is 3.60. The molecule has 0 unspecified atom stereocenters. The van der Waals surface area contributed by atoms with E-state index in [-0.39, 0.29) is 10.9 Å². The summed E-state index contributed by atoms with van der Waals surface area (Å²) in [6.07, 6.45) is 2.74. The number of nitrogens with one attached hydrogen (secondary N) is 1. The van der Waals surface area contributed by atoms with E-state index in [2.05, 4.69) is 33.9 Å². The second kappa shape index (κ2) is 8.99. The van der Waals surface area contributed by atoms with Crippen molar-refractivity contribution in [2.24, 2.45) is 0 Å². The van der Waals surface area contributed by atoms with E-state index in [0.717, 1.165) is 58.1 Å². The van der Waals surface area contributed by atoms with E-state index in [1.807, 2.05) is 23.1 Å². The summed E-state index contributed by atoms with van der Waals surface area (Å²) in [7, 11) is 0. The molecule has 0 atom stereocenters. The van der Waals surface area contributed by atoms with E-state index in [4.69, 9.17) is 0 Å². The largest absolute Gasteiger partial charge is 0.380 e. The summed E-state index contributed by atoms with van der Waals surface area (Å²) in [5.74, 6) is 0.955. The summed E-state index contributed by atoms with van der Waals surface area (Å²) in [6.45, 7) is 11.1. The molecule has 0 radical (unpaired) electrons. The second-order valence-electron chi connectivity index (χ2n) is 6.85. The van der Waals surface area contributed by atoms with Crippen molar-refractivity contribution in [3.8, 4) is 0 Å². The van der Waals surface area contributed by atoms with Gasteiger partial charge < -0.3 is 20.0 Å². The molecule has 27 heavy (non-hydrogen) atoms. The molecule has 7 nitrogen and oxygen atoms in total. The molecule has 0 aliphatic carbocycles. The van der Waals surface area contributed by atoms with Crippen LogP contribution in [-0.2, 0) is 0 Å². The Hall–Kier alpha value is -2.41. The Bertz CT molecular complexity index is 788. The topological polar surface area (TPSA) is 68.8 Å². The summed E-state index contributed by atoms with van der Waals surface area (Å²) in [5.41, 5.74) is 0.349. The molecule has 0 amide bonds. The molecule has 2 aromatic rings. The molecule has 1 fully saturated rings. The third-order valence-corrected chi connectivity index (χ3v) is 5.30. The SMILES string of the molecule is CCN(CC)CCCNc1c(N2CCN(c3ccccn3)CC2)c(=O)c1=O. The predicted octanol–water partition coefficient (Wildman–Crippen LogP) is 1.15. The van der Waals surface area contributed by atoms with Gasteiger partial charge in [0.05, 0.1) is 0 Å². The molecule has 3 rings (SSSR count). The average molecular weight is 371 g/mol. The van der Waals surface area contributed by atoms with Gasteiger partial charge in [0, 0.05) is 38.9 Å². The Morgan fingerprint density at radius 2 is 1.74 bits per heavy atom. The Kier molecular flexibility index (Phi) is 6.45. The van der Waals surface area contributed by atoms with Crippen LogP contribution in [0.25, 0.3) is 0 Å². The number of pyridine rings is 1. The number of hydrogen-bond acceptors (Lipinski definition) is 7. The first-order valence-electron chi connectivity index (χ1n) is 9.86. The molecule has 1 aliphatic heterocycles.